The lowest BCUT2D eigenvalue weighted by molar-refractivity contribution is 0.318. The van der Waals surface area contributed by atoms with Crippen molar-refractivity contribution < 1.29 is 8.42 Å². The fourth-order valence-corrected chi connectivity index (χ4v) is 4.17. The fraction of sp³-hybridized carbons (Fsp3) is 0.692. The first-order valence-corrected chi connectivity index (χ1v) is 8.72. The third-order valence-electron chi connectivity index (χ3n) is 3.15. The fourth-order valence-electron chi connectivity index (χ4n) is 1.35. The van der Waals surface area contributed by atoms with Gasteiger partial charge in [0.2, 0.25) is 10.0 Å². The molecule has 0 radical (unpaired) electrons. The number of rotatable bonds is 6. The summed E-state index contributed by atoms with van der Waals surface area (Å²) in [6.07, 6.45) is 0.853. The molecule has 0 aromatic carbocycles. The highest BCUT2D eigenvalue weighted by atomic mass is 32.2. The van der Waals surface area contributed by atoms with E-state index in [4.69, 9.17) is 0 Å². The molecule has 1 heterocycles. The SMILES string of the molecule is CNCCc1ccc(S(=O)(=O)NC(C)C(C)(C)C)s1. The van der Waals surface area contributed by atoms with Gasteiger partial charge < -0.3 is 5.32 Å². The van der Waals surface area contributed by atoms with Crippen molar-refractivity contribution in [2.45, 2.75) is 44.4 Å². The van der Waals surface area contributed by atoms with E-state index in [0.29, 0.717) is 4.21 Å². The van der Waals surface area contributed by atoms with Gasteiger partial charge in [0.1, 0.15) is 4.21 Å². The topological polar surface area (TPSA) is 58.2 Å². The Morgan fingerprint density at radius 2 is 1.95 bits per heavy atom. The zero-order chi connectivity index (χ0) is 14.7. The summed E-state index contributed by atoms with van der Waals surface area (Å²) >= 11 is 1.34. The second-order valence-electron chi connectivity index (χ2n) is 5.78. The first-order valence-electron chi connectivity index (χ1n) is 6.42. The number of likely N-dealkylation sites (N-methyl/N-ethyl adjacent to an activating group) is 1. The quantitative estimate of drug-likeness (QED) is 0.847. The number of hydrogen-bond donors (Lipinski definition) is 2. The molecule has 1 aromatic rings. The minimum Gasteiger partial charge on any atom is -0.319 e. The highest BCUT2D eigenvalue weighted by molar-refractivity contribution is 7.91. The molecule has 6 heteroatoms. The minimum absolute atomic E-state index is 0.0979. The Hall–Kier alpha value is -0.430. The monoisotopic (exact) mass is 304 g/mol. The Bertz CT molecular complexity index is 501. The Balaban J connectivity index is 2.80. The number of hydrogen-bond acceptors (Lipinski definition) is 4. The van der Waals surface area contributed by atoms with Crippen LogP contribution < -0.4 is 10.0 Å². The lowest BCUT2D eigenvalue weighted by Gasteiger charge is -2.27. The average Bonchev–Trinajstić information content (AvgIpc) is 2.73. The summed E-state index contributed by atoms with van der Waals surface area (Å²) in [5.41, 5.74) is -0.0979. The summed E-state index contributed by atoms with van der Waals surface area (Å²) in [6.45, 7) is 8.81. The van der Waals surface area contributed by atoms with Crippen LogP contribution in [0.4, 0.5) is 0 Å². The molecule has 110 valence electrons. The van der Waals surface area contributed by atoms with Crippen LogP contribution in [0.3, 0.4) is 0 Å². The zero-order valence-electron chi connectivity index (χ0n) is 12.3. The van der Waals surface area contributed by atoms with Crippen LogP contribution in [-0.4, -0.2) is 28.1 Å². The summed E-state index contributed by atoms with van der Waals surface area (Å²) in [5.74, 6) is 0. The third kappa shape index (κ3) is 4.87. The third-order valence-corrected chi connectivity index (χ3v) is 6.33. The van der Waals surface area contributed by atoms with Crippen molar-refractivity contribution >= 4 is 21.4 Å². The number of nitrogens with one attached hydrogen (secondary N) is 2. The van der Waals surface area contributed by atoms with Crippen molar-refractivity contribution in [2.24, 2.45) is 5.41 Å². The van der Waals surface area contributed by atoms with Crippen LogP contribution in [-0.2, 0) is 16.4 Å². The lowest BCUT2D eigenvalue weighted by atomic mass is 9.89. The summed E-state index contributed by atoms with van der Waals surface area (Å²) in [4.78, 5) is 1.08. The van der Waals surface area contributed by atoms with Gasteiger partial charge in [0.15, 0.2) is 0 Å². The van der Waals surface area contributed by atoms with Gasteiger partial charge in [-0.25, -0.2) is 13.1 Å². The Labute approximate surface area is 120 Å². The zero-order valence-corrected chi connectivity index (χ0v) is 13.9. The lowest BCUT2D eigenvalue weighted by Crippen LogP contribution is -2.41. The maximum absolute atomic E-state index is 12.3. The van der Waals surface area contributed by atoms with Gasteiger partial charge in [-0.2, -0.15) is 0 Å². The van der Waals surface area contributed by atoms with Gasteiger partial charge >= 0.3 is 0 Å². The molecule has 0 aliphatic heterocycles. The van der Waals surface area contributed by atoms with Crippen LogP contribution in [0.5, 0.6) is 0 Å². The van der Waals surface area contributed by atoms with Crippen LogP contribution in [0.25, 0.3) is 0 Å². The van der Waals surface area contributed by atoms with Crippen molar-refractivity contribution in [1.29, 1.82) is 0 Å². The molecule has 1 aromatic heterocycles. The number of sulfonamides is 1. The molecule has 0 fully saturated rings. The van der Waals surface area contributed by atoms with E-state index >= 15 is 0 Å². The van der Waals surface area contributed by atoms with Gasteiger partial charge in [0.05, 0.1) is 0 Å². The molecule has 0 saturated carbocycles. The first-order chi connectivity index (χ1) is 8.66. The van der Waals surface area contributed by atoms with Crippen molar-refractivity contribution in [3.05, 3.63) is 17.0 Å². The molecular formula is C13H24N2O2S2. The van der Waals surface area contributed by atoms with Crippen LogP contribution in [0.2, 0.25) is 0 Å². The van der Waals surface area contributed by atoms with Crippen LogP contribution >= 0.6 is 11.3 Å². The predicted molar refractivity (Wildman–Crippen MR) is 81.2 cm³/mol. The van der Waals surface area contributed by atoms with Crippen molar-refractivity contribution in [2.75, 3.05) is 13.6 Å². The van der Waals surface area contributed by atoms with Crippen LogP contribution in [0.15, 0.2) is 16.3 Å². The van der Waals surface area contributed by atoms with E-state index in [1.807, 2.05) is 40.8 Å². The highest BCUT2D eigenvalue weighted by Crippen LogP contribution is 2.25. The van der Waals surface area contributed by atoms with E-state index < -0.39 is 10.0 Å². The van der Waals surface area contributed by atoms with E-state index in [-0.39, 0.29) is 11.5 Å². The molecule has 1 atom stereocenters. The molecular weight excluding hydrogens is 280 g/mol. The molecule has 0 bridgehead atoms. The van der Waals surface area contributed by atoms with Gasteiger partial charge in [-0.1, -0.05) is 20.8 Å². The molecule has 19 heavy (non-hydrogen) atoms. The predicted octanol–water partition coefficient (Wildman–Crippen LogP) is 2.22. The molecule has 0 spiro atoms. The normalized spacial score (nSPS) is 14.6. The van der Waals surface area contributed by atoms with E-state index in [1.165, 1.54) is 11.3 Å². The van der Waals surface area contributed by atoms with Crippen LogP contribution in [0.1, 0.15) is 32.6 Å². The maximum atomic E-state index is 12.3. The van der Waals surface area contributed by atoms with Gasteiger partial charge in [-0.15, -0.1) is 11.3 Å². The van der Waals surface area contributed by atoms with Gasteiger partial charge in [0, 0.05) is 10.9 Å². The van der Waals surface area contributed by atoms with Gasteiger partial charge in [-0.05, 0) is 44.5 Å². The molecule has 2 N–H and O–H groups in total. The van der Waals surface area contributed by atoms with Gasteiger partial charge in [-0.3, -0.25) is 0 Å². The first kappa shape index (κ1) is 16.6. The Morgan fingerprint density at radius 3 is 2.47 bits per heavy atom. The highest BCUT2D eigenvalue weighted by Gasteiger charge is 2.26. The molecule has 1 unspecified atom stereocenters. The summed E-state index contributed by atoms with van der Waals surface area (Å²) in [7, 11) is -1.51. The van der Waals surface area contributed by atoms with E-state index in [1.54, 1.807) is 6.07 Å². The average molecular weight is 304 g/mol. The molecule has 0 amide bonds. The Kier molecular flexibility index (Phi) is 5.55. The van der Waals surface area contributed by atoms with E-state index in [2.05, 4.69) is 10.0 Å². The number of thiophene rings is 1. The molecule has 0 saturated heterocycles. The van der Waals surface area contributed by atoms with E-state index in [0.717, 1.165) is 17.8 Å². The van der Waals surface area contributed by atoms with Crippen LogP contribution in [0, 0.1) is 5.41 Å². The maximum Gasteiger partial charge on any atom is 0.250 e. The van der Waals surface area contributed by atoms with Crippen molar-refractivity contribution in [1.82, 2.24) is 10.0 Å². The standard InChI is InChI=1S/C13H24N2O2S2/c1-10(13(2,3)4)15-19(16,17)12-7-6-11(18-12)8-9-14-5/h6-7,10,14-15H,8-9H2,1-5H3. The van der Waals surface area contributed by atoms with Crippen molar-refractivity contribution in [3.63, 3.8) is 0 Å². The minimum atomic E-state index is -3.40. The second-order valence-corrected chi connectivity index (χ2v) is 8.89. The smallest absolute Gasteiger partial charge is 0.250 e. The van der Waals surface area contributed by atoms with E-state index in [9.17, 15) is 8.42 Å². The van der Waals surface area contributed by atoms with Crippen molar-refractivity contribution in [3.8, 4) is 0 Å². The summed E-state index contributed by atoms with van der Waals surface area (Å²) in [6, 6.07) is 3.46. The van der Waals surface area contributed by atoms with Gasteiger partial charge in [0.25, 0.3) is 0 Å². The molecule has 0 aliphatic carbocycles. The largest absolute Gasteiger partial charge is 0.319 e. The molecule has 1 rings (SSSR count). The summed E-state index contributed by atoms with van der Waals surface area (Å²) < 4.78 is 27.7. The molecule has 4 nitrogen and oxygen atoms in total. The Morgan fingerprint density at radius 1 is 1.32 bits per heavy atom. The molecule has 0 aliphatic rings. The second kappa shape index (κ2) is 6.35. The summed E-state index contributed by atoms with van der Waals surface area (Å²) in [5, 5.41) is 3.06.